The van der Waals surface area contributed by atoms with Crippen LogP contribution < -0.4 is 10.1 Å². The molecule has 4 rings (SSSR count). The number of nitrogens with one attached hydrogen (secondary N) is 1. The van der Waals surface area contributed by atoms with Gasteiger partial charge < -0.3 is 19.7 Å². The molecule has 1 atom stereocenters. The van der Waals surface area contributed by atoms with Crippen LogP contribution in [0.1, 0.15) is 35.7 Å². The van der Waals surface area contributed by atoms with Crippen molar-refractivity contribution < 1.29 is 23.9 Å². The molecule has 32 heavy (non-hydrogen) atoms. The zero-order valence-electron chi connectivity index (χ0n) is 17.6. The summed E-state index contributed by atoms with van der Waals surface area (Å²) in [6, 6.07) is 12.0. The van der Waals surface area contributed by atoms with E-state index >= 15 is 0 Å². The normalized spacial score (nSPS) is 19.1. The van der Waals surface area contributed by atoms with Crippen molar-refractivity contribution in [2.24, 2.45) is 5.92 Å². The Labute approximate surface area is 190 Å². The quantitative estimate of drug-likeness (QED) is 0.554. The van der Waals surface area contributed by atoms with Crippen LogP contribution in [0.25, 0.3) is 6.08 Å². The molecule has 0 aliphatic carbocycles. The minimum Gasteiger partial charge on any atom is -0.466 e. The van der Waals surface area contributed by atoms with Crippen LogP contribution in [0, 0.1) is 5.92 Å². The van der Waals surface area contributed by atoms with Gasteiger partial charge in [-0.25, -0.2) is 0 Å². The number of carbonyl (C=O) groups excluding carboxylic acids is 3. The van der Waals surface area contributed by atoms with E-state index < -0.39 is 5.91 Å². The van der Waals surface area contributed by atoms with Gasteiger partial charge in [0.1, 0.15) is 0 Å². The standard InChI is InChI=1S/C24H23ClN2O5/c1-2-31-24(30)17-7-5-11-27(14-17)23(29)16-9-10-20-19(12-16)26-22(28)21(32-20)13-15-6-3-4-8-18(15)25/h3-4,6,8-10,12-13,17H,2,5,7,11,14H2,1H3,(H,26,28)/b21-13-/t17-/m1/s1. The highest BCUT2D eigenvalue weighted by molar-refractivity contribution is 6.32. The molecule has 0 aromatic heterocycles. The van der Waals surface area contributed by atoms with Gasteiger partial charge in [0, 0.05) is 23.7 Å². The third-order valence-electron chi connectivity index (χ3n) is 5.44. The Morgan fingerprint density at radius 2 is 2.09 bits per heavy atom. The molecule has 1 saturated heterocycles. The summed E-state index contributed by atoms with van der Waals surface area (Å²) >= 11 is 6.17. The smallest absolute Gasteiger partial charge is 0.310 e. The van der Waals surface area contributed by atoms with E-state index in [1.54, 1.807) is 54.3 Å². The lowest BCUT2D eigenvalue weighted by molar-refractivity contribution is -0.149. The number of benzene rings is 2. The van der Waals surface area contributed by atoms with Crippen molar-refractivity contribution in [3.8, 4) is 5.75 Å². The van der Waals surface area contributed by atoms with Gasteiger partial charge >= 0.3 is 5.97 Å². The molecule has 7 nitrogen and oxygen atoms in total. The first-order chi connectivity index (χ1) is 15.5. The fourth-order valence-electron chi connectivity index (χ4n) is 3.82. The molecule has 2 aromatic carbocycles. The van der Waals surface area contributed by atoms with Crippen LogP contribution in [0.2, 0.25) is 5.02 Å². The maximum Gasteiger partial charge on any atom is 0.310 e. The SMILES string of the molecule is CCOC(=O)[C@@H]1CCCN(C(=O)c2ccc3c(c2)NC(=O)/C(=C/c2ccccc2Cl)O3)C1. The van der Waals surface area contributed by atoms with E-state index in [9.17, 15) is 14.4 Å². The Morgan fingerprint density at radius 3 is 2.88 bits per heavy atom. The molecule has 2 aromatic rings. The van der Waals surface area contributed by atoms with Crippen molar-refractivity contribution in [2.75, 3.05) is 25.0 Å². The summed E-state index contributed by atoms with van der Waals surface area (Å²) in [7, 11) is 0. The maximum absolute atomic E-state index is 13.0. The van der Waals surface area contributed by atoms with Gasteiger partial charge in [-0.05, 0) is 55.7 Å². The molecule has 1 fully saturated rings. The van der Waals surface area contributed by atoms with Gasteiger partial charge in [-0.1, -0.05) is 29.8 Å². The Hall–Kier alpha value is -3.32. The number of esters is 1. The monoisotopic (exact) mass is 454 g/mol. The molecule has 8 heteroatoms. The van der Waals surface area contributed by atoms with Crippen LogP contribution in [0.4, 0.5) is 5.69 Å². The molecular formula is C24H23ClN2O5. The number of amides is 2. The number of ether oxygens (including phenoxy) is 2. The van der Waals surface area contributed by atoms with Crippen molar-refractivity contribution >= 4 is 41.1 Å². The van der Waals surface area contributed by atoms with Gasteiger partial charge in [0.25, 0.3) is 11.8 Å². The van der Waals surface area contributed by atoms with E-state index in [4.69, 9.17) is 21.1 Å². The number of piperidine rings is 1. The van der Waals surface area contributed by atoms with Crippen LogP contribution in [0.5, 0.6) is 5.75 Å². The minimum absolute atomic E-state index is 0.109. The minimum atomic E-state index is -0.428. The van der Waals surface area contributed by atoms with Crippen LogP contribution in [0.15, 0.2) is 48.2 Å². The number of halogens is 1. The van der Waals surface area contributed by atoms with Crippen molar-refractivity contribution in [2.45, 2.75) is 19.8 Å². The Bertz CT molecular complexity index is 1100. The first kappa shape index (κ1) is 21.9. The number of fused-ring (bicyclic) bond motifs is 1. The number of anilines is 1. The highest BCUT2D eigenvalue weighted by Crippen LogP contribution is 2.33. The highest BCUT2D eigenvalue weighted by Gasteiger charge is 2.31. The zero-order valence-corrected chi connectivity index (χ0v) is 18.4. The topological polar surface area (TPSA) is 84.9 Å². The second-order valence-corrected chi connectivity index (χ2v) is 8.05. The lowest BCUT2D eigenvalue weighted by Crippen LogP contribution is -2.42. The van der Waals surface area contributed by atoms with Gasteiger partial charge in [0.05, 0.1) is 18.2 Å². The molecular weight excluding hydrogens is 432 g/mol. The Balaban J connectivity index is 1.51. The van der Waals surface area contributed by atoms with Crippen LogP contribution in [-0.2, 0) is 14.3 Å². The van der Waals surface area contributed by atoms with Crippen molar-refractivity contribution in [1.82, 2.24) is 4.90 Å². The fourth-order valence-corrected chi connectivity index (χ4v) is 4.01. The first-order valence-corrected chi connectivity index (χ1v) is 10.9. The second kappa shape index (κ2) is 9.44. The van der Waals surface area contributed by atoms with Gasteiger partial charge in [0.2, 0.25) is 0 Å². The van der Waals surface area contributed by atoms with Crippen molar-refractivity contribution in [3.05, 3.63) is 64.4 Å². The van der Waals surface area contributed by atoms with Gasteiger partial charge in [-0.3, -0.25) is 14.4 Å². The molecule has 0 unspecified atom stereocenters. The Morgan fingerprint density at radius 1 is 1.28 bits per heavy atom. The van der Waals surface area contributed by atoms with E-state index in [-0.39, 0.29) is 23.6 Å². The lowest BCUT2D eigenvalue weighted by Gasteiger charge is -2.32. The molecule has 2 amide bonds. The summed E-state index contributed by atoms with van der Waals surface area (Å²) in [5, 5.41) is 3.28. The van der Waals surface area contributed by atoms with E-state index in [1.807, 2.05) is 6.07 Å². The van der Waals surface area contributed by atoms with Gasteiger partial charge in [-0.2, -0.15) is 0 Å². The maximum atomic E-state index is 13.0. The molecule has 0 bridgehead atoms. The lowest BCUT2D eigenvalue weighted by atomic mass is 9.97. The number of nitrogens with zero attached hydrogens (tertiary/aromatic N) is 1. The van der Waals surface area contributed by atoms with Gasteiger partial charge in [0.15, 0.2) is 11.5 Å². The first-order valence-electron chi connectivity index (χ1n) is 10.5. The van der Waals surface area contributed by atoms with Crippen molar-refractivity contribution in [3.63, 3.8) is 0 Å². The number of likely N-dealkylation sites (tertiary alicyclic amines) is 1. The van der Waals surface area contributed by atoms with E-state index in [0.29, 0.717) is 53.7 Å². The molecule has 0 radical (unpaired) electrons. The fraction of sp³-hybridized carbons (Fsp3) is 0.292. The molecule has 0 saturated carbocycles. The number of rotatable bonds is 4. The molecule has 166 valence electrons. The largest absolute Gasteiger partial charge is 0.466 e. The van der Waals surface area contributed by atoms with E-state index in [1.165, 1.54) is 0 Å². The molecule has 2 heterocycles. The van der Waals surface area contributed by atoms with E-state index in [2.05, 4.69) is 5.32 Å². The average Bonchev–Trinajstić information content (AvgIpc) is 2.80. The van der Waals surface area contributed by atoms with Crippen molar-refractivity contribution in [1.29, 1.82) is 0 Å². The Kier molecular flexibility index (Phi) is 6.46. The summed E-state index contributed by atoms with van der Waals surface area (Å²) in [6.45, 7) is 2.98. The molecule has 1 N–H and O–H groups in total. The van der Waals surface area contributed by atoms with E-state index in [0.717, 1.165) is 6.42 Å². The number of hydrogen-bond donors (Lipinski definition) is 1. The highest BCUT2D eigenvalue weighted by atomic mass is 35.5. The number of carbonyl (C=O) groups is 3. The number of hydrogen-bond acceptors (Lipinski definition) is 5. The van der Waals surface area contributed by atoms with Crippen LogP contribution >= 0.6 is 11.6 Å². The summed E-state index contributed by atoms with van der Waals surface area (Å²) in [4.78, 5) is 39.3. The second-order valence-electron chi connectivity index (χ2n) is 7.64. The van der Waals surface area contributed by atoms with Crippen LogP contribution in [0.3, 0.4) is 0 Å². The zero-order chi connectivity index (χ0) is 22.7. The summed E-state index contributed by atoms with van der Waals surface area (Å²) in [5.74, 6) is -0.670. The van der Waals surface area contributed by atoms with Crippen LogP contribution in [-0.4, -0.2) is 42.4 Å². The molecule has 2 aliphatic heterocycles. The third kappa shape index (κ3) is 4.62. The summed E-state index contributed by atoms with van der Waals surface area (Å²) < 4.78 is 10.9. The average molecular weight is 455 g/mol. The predicted molar refractivity (Wildman–Crippen MR) is 120 cm³/mol. The summed E-state index contributed by atoms with van der Waals surface area (Å²) in [6.07, 6.45) is 3.01. The molecule has 0 spiro atoms. The summed E-state index contributed by atoms with van der Waals surface area (Å²) in [5.41, 5.74) is 1.49. The predicted octanol–water partition coefficient (Wildman–Crippen LogP) is 4.13. The third-order valence-corrected chi connectivity index (χ3v) is 5.78. The van der Waals surface area contributed by atoms with Gasteiger partial charge in [-0.15, -0.1) is 0 Å². The molecule has 2 aliphatic rings.